The van der Waals surface area contributed by atoms with Gasteiger partial charge in [-0.15, -0.1) is 0 Å². The molecule has 9 nitrogen and oxygen atoms in total. The van der Waals surface area contributed by atoms with Crippen LogP contribution >= 0.6 is 0 Å². The fourth-order valence-electron chi connectivity index (χ4n) is 4.30. The van der Waals surface area contributed by atoms with Crippen molar-refractivity contribution in [1.29, 1.82) is 0 Å². The van der Waals surface area contributed by atoms with Gasteiger partial charge in [0.1, 0.15) is 5.82 Å². The van der Waals surface area contributed by atoms with E-state index in [1.54, 1.807) is 18.3 Å². The van der Waals surface area contributed by atoms with Gasteiger partial charge in [-0.3, -0.25) is 4.79 Å². The van der Waals surface area contributed by atoms with E-state index in [-0.39, 0.29) is 23.0 Å². The molecule has 2 fully saturated rings. The molecule has 0 spiro atoms. The van der Waals surface area contributed by atoms with Crippen LogP contribution in [0.4, 0.5) is 5.82 Å². The molecule has 1 N–H and O–H groups in total. The van der Waals surface area contributed by atoms with Crippen LogP contribution in [0.3, 0.4) is 0 Å². The first-order valence-corrected chi connectivity index (χ1v) is 13.1. The summed E-state index contributed by atoms with van der Waals surface area (Å²) in [7, 11) is -1.60. The minimum absolute atomic E-state index is 0.111. The molecule has 2 saturated heterocycles. The highest BCUT2D eigenvalue weighted by atomic mass is 32.2. The summed E-state index contributed by atoms with van der Waals surface area (Å²) in [6.45, 7) is 8.52. The fraction of sp³-hybridized carbons (Fsp3) is 0.500. The smallest absolute Gasteiger partial charge is 0.251 e. The normalized spacial score (nSPS) is 22.5. The van der Waals surface area contributed by atoms with Gasteiger partial charge in [0.2, 0.25) is 10.0 Å². The molecule has 34 heavy (non-hydrogen) atoms. The molecule has 1 aromatic carbocycles. The summed E-state index contributed by atoms with van der Waals surface area (Å²) in [6.07, 6.45) is 1.41. The number of amides is 1. The number of pyridine rings is 1. The van der Waals surface area contributed by atoms with Crippen LogP contribution < -0.4 is 10.2 Å². The van der Waals surface area contributed by atoms with Crippen LogP contribution in [0.15, 0.2) is 47.5 Å². The summed E-state index contributed by atoms with van der Waals surface area (Å²) < 4.78 is 33.3. The first-order valence-electron chi connectivity index (χ1n) is 11.6. The number of aromatic nitrogens is 1. The van der Waals surface area contributed by atoms with E-state index < -0.39 is 10.0 Å². The second kappa shape index (κ2) is 10.4. The Kier molecular flexibility index (Phi) is 7.51. The Morgan fingerprint density at radius 2 is 1.79 bits per heavy atom. The van der Waals surface area contributed by atoms with Crippen LogP contribution in [0, 0.1) is 0 Å². The van der Waals surface area contributed by atoms with Crippen molar-refractivity contribution in [3.05, 3.63) is 53.7 Å². The van der Waals surface area contributed by atoms with Crippen LogP contribution in [0.1, 0.15) is 29.8 Å². The van der Waals surface area contributed by atoms with E-state index in [0.717, 1.165) is 37.6 Å². The fourth-order valence-corrected chi connectivity index (χ4v) is 5.94. The van der Waals surface area contributed by atoms with Crippen molar-refractivity contribution < 1.29 is 17.9 Å². The lowest BCUT2D eigenvalue weighted by Crippen LogP contribution is -2.48. The quantitative estimate of drug-likeness (QED) is 0.661. The maximum atomic E-state index is 13.1. The number of likely N-dealkylation sites (N-methyl/N-ethyl adjacent to an activating group) is 1. The molecule has 3 heterocycles. The van der Waals surface area contributed by atoms with Crippen molar-refractivity contribution in [2.45, 2.75) is 37.5 Å². The second-order valence-corrected chi connectivity index (χ2v) is 11.0. The number of piperazine rings is 1. The predicted molar refractivity (Wildman–Crippen MR) is 130 cm³/mol. The van der Waals surface area contributed by atoms with E-state index in [1.165, 1.54) is 16.4 Å². The third-order valence-electron chi connectivity index (χ3n) is 6.21. The van der Waals surface area contributed by atoms with E-state index in [4.69, 9.17) is 4.74 Å². The van der Waals surface area contributed by atoms with Gasteiger partial charge in [0.25, 0.3) is 5.91 Å². The second-order valence-electron chi connectivity index (χ2n) is 9.10. The monoisotopic (exact) mass is 487 g/mol. The number of hydrogen-bond donors (Lipinski definition) is 1. The highest BCUT2D eigenvalue weighted by Crippen LogP contribution is 2.22. The lowest BCUT2D eigenvalue weighted by Gasteiger charge is -2.34. The van der Waals surface area contributed by atoms with E-state index in [2.05, 4.69) is 27.1 Å². The van der Waals surface area contributed by atoms with Crippen LogP contribution in [-0.4, -0.2) is 87.0 Å². The first kappa shape index (κ1) is 24.6. The van der Waals surface area contributed by atoms with Crippen molar-refractivity contribution in [3.63, 3.8) is 0 Å². The molecular formula is C24H33N5O4S. The maximum Gasteiger partial charge on any atom is 0.251 e. The molecule has 2 aromatic rings. The maximum absolute atomic E-state index is 13.1. The van der Waals surface area contributed by atoms with Crippen molar-refractivity contribution in [1.82, 2.24) is 19.5 Å². The number of carbonyl (C=O) groups is 1. The third kappa shape index (κ3) is 5.75. The molecule has 10 heteroatoms. The number of rotatable bonds is 6. The molecule has 4 rings (SSSR count). The van der Waals surface area contributed by atoms with Gasteiger partial charge in [-0.05, 0) is 50.7 Å². The van der Waals surface area contributed by atoms with Crippen molar-refractivity contribution >= 4 is 21.7 Å². The minimum atomic E-state index is -3.71. The molecule has 1 amide bonds. The lowest BCUT2D eigenvalue weighted by atomic mass is 10.2. The number of sulfonamides is 1. The number of nitrogens with zero attached hydrogens (tertiary/aromatic N) is 4. The average molecular weight is 488 g/mol. The molecule has 1 aromatic heterocycles. The zero-order valence-electron chi connectivity index (χ0n) is 20.0. The van der Waals surface area contributed by atoms with Gasteiger partial charge in [-0.1, -0.05) is 12.1 Å². The Morgan fingerprint density at radius 3 is 2.44 bits per heavy atom. The van der Waals surface area contributed by atoms with Gasteiger partial charge >= 0.3 is 0 Å². The third-order valence-corrected chi connectivity index (χ3v) is 8.04. The summed E-state index contributed by atoms with van der Waals surface area (Å²) in [4.78, 5) is 22.0. The van der Waals surface area contributed by atoms with Crippen LogP contribution in [0.2, 0.25) is 0 Å². The Bertz CT molecular complexity index is 1090. The highest BCUT2D eigenvalue weighted by Gasteiger charge is 2.32. The Balaban J connectivity index is 1.38. The standard InChI is InChI=1S/C24H33N5O4S/c1-18-16-29(17-19(2)33-18)34(31,32)22-6-4-5-21(13-22)24(30)26-15-20-7-8-23(25-14-20)28-11-9-27(3)10-12-28/h4-8,13-14,18-19H,9-12,15-17H2,1-3H3,(H,26,30). The summed E-state index contributed by atoms with van der Waals surface area (Å²) in [5, 5.41) is 2.86. The van der Waals surface area contributed by atoms with Crippen LogP contribution in [0.25, 0.3) is 0 Å². The molecule has 0 aliphatic carbocycles. The summed E-state index contributed by atoms with van der Waals surface area (Å²) in [6, 6.07) is 10.1. The average Bonchev–Trinajstić information content (AvgIpc) is 2.83. The number of morpholine rings is 1. The summed E-state index contributed by atoms with van der Waals surface area (Å²) >= 11 is 0. The Labute approximate surface area is 201 Å². The topological polar surface area (TPSA) is 95.1 Å². The molecule has 0 radical (unpaired) electrons. The van der Waals surface area contributed by atoms with Gasteiger partial charge in [-0.25, -0.2) is 13.4 Å². The van der Waals surface area contributed by atoms with E-state index >= 15 is 0 Å². The summed E-state index contributed by atoms with van der Waals surface area (Å²) in [5.41, 5.74) is 1.18. The molecule has 0 bridgehead atoms. The largest absolute Gasteiger partial charge is 0.373 e. The van der Waals surface area contributed by atoms with Crippen LogP contribution in [0.5, 0.6) is 0 Å². The van der Waals surface area contributed by atoms with Crippen LogP contribution in [-0.2, 0) is 21.3 Å². The molecular weight excluding hydrogens is 454 g/mol. The highest BCUT2D eigenvalue weighted by molar-refractivity contribution is 7.89. The van der Waals surface area contributed by atoms with Crippen molar-refractivity contribution in [3.8, 4) is 0 Å². The molecule has 0 saturated carbocycles. The number of hydrogen-bond acceptors (Lipinski definition) is 7. The first-order chi connectivity index (χ1) is 16.2. The summed E-state index contributed by atoms with van der Waals surface area (Å²) in [5.74, 6) is 0.608. The number of anilines is 1. The number of ether oxygens (including phenoxy) is 1. The van der Waals surface area contributed by atoms with Gasteiger partial charge in [-0.2, -0.15) is 4.31 Å². The predicted octanol–water partition coefficient (Wildman–Crippen LogP) is 1.56. The Hall–Kier alpha value is -2.53. The van der Waals surface area contributed by atoms with Gasteiger partial charge in [0, 0.05) is 57.6 Å². The van der Waals surface area contributed by atoms with Gasteiger partial charge in [0.15, 0.2) is 0 Å². The molecule has 2 atom stereocenters. The lowest BCUT2D eigenvalue weighted by molar-refractivity contribution is -0.0440. The zero-order chi connectivity index (χ0) is 24.3. The number of benzene rings is 1. The minimum Gasteiger partial charge on any atom is -0.373 e. The zero-order valence-corrected chi connectivity index (χ0v) is 20.8. The molecule has 2 aliphatic heterocycles. The van der Waals surface area contributed by atoms with Gasteiger partial charge in [0.05, 0.1) is 17.1 Å². The molecule has 2 unspecified atom stereocenters. The number of carbonyl (C=O) groups excluding carboxylic acids is 1. The number of nitrogens with one attached hydrogen (secondary N) is 1. The Morgan fingerprint density at radius 1 is 1.09 bits per heavy atom. The van der Waals surface area contributed by atoms with E-state index in [0.29, 0.717) is 25.2 Å². The molecule has 184 valence electrons. The van der Waals surface area contributed by atoms with E-state index in [9.17, 15) is 13.2 Å². The van der Waals surface area contributed by atoms with Crippen molar-refractivity contribution in [2.75, 3.05) is 51.2 Å². The van der Waals surface area contributed by atoms with Crippen molar-refractivity contribution in [2.24, 2.45) is 0 Å². The van der Waals surface area contributed by atoms with Gasteiger partial charge < -0.3 is 19.9 Å². The van der Waals surface area contributed by atoms with E-state index in [1.807, 2.05) is 26.0 Å². The molecule has 2 aliphatic rings. The SMILES string of the molecule is CC1CN(S(=O)(=O)c2cccc(C(=O)NCc3ccc(N4CCN(C)CC4)nc3)c2)CC(C)O1.